The van der Waals surface area contributed by atoms with Crippen LogP contribution in [0, 0.1) is 0 Å². The highest BCUT2D eigenvalue weighted by Crippen LogP contribution is 2.33. The number of aromatic nitrogens is 4. The first-order chi connectivity index (χ1) is 12.8. The summed E-state index contributed by atoms with van der Waals surface area (Å²) in [5.41, 5.74) is 2.42. The summed E-state index contributed by atoms with van der Waals surface area (Å²) in [5.74, 6) is 2.41. The lowest BCUT2D eigenvalue weighted by Gasteiger charge is -2.10. The van der Waals surface area contributed by atoms with Crippen LogP contribution in [-0.4, -0.2) is 34.8 Å². The van der Waals surface area contributed by atoms with Gasteiger partial charge in [0.1, 0.15) is 11.3 Å². The zero-order valence-electron chi connectivity index (χ0n) is 14.3. The van der Waals surface area contributed by atoms with Gasteiger partial charge in [-0.1, -0.05) is 24.3 Å². The zero-order valence-corrected chi connectivity index (χ0v) is 14.3. The number of H-pyrrole nitrogens is 1. The summed E-state index contributed by atoms with van der Waals surface area (Å²) in [7, 11) is 3.19. The van der Waals surface area contributed by atoms with E-state index in [1.807, 2.05) is 54.6 Å². The number of hydrogen-bond acceptors (Lipinski definition) is 6. The largest absolute Gasteiger partial charge is 0.493 e. The first kappa shape index (κ1) is 15.9. The lowest BCUT2D eigenvalue weighted by molar-refractivity contribution is 0.355. The Balaban J connectivity index is 1.85. The molecule has 0 saturated carbocycles. The van der Waals surface area contributed by atoms with Crippen molar-refractivity contribution in [2.24, 2.45) is 0 Å². The van der Waals surface area contributed by atoms with Crippen molar-refractivity contribution in [2.75, 3.05) is 14.2 Å². The monoisotopic (exact) mass is 348 g/mol. The van der Waals surface area contributed by atoms with Gasteiger partial charge in [-0.15, -0.1) is 10.2 Å². The molecule has 0 radical (unpaired) electrons. The van der Waals surface area contributed by atoms with Crippen LogP contribution in [0.2, 0.25) is 0 Å². The second-order valence-corrected chi connectivity index (χ2v) is 5.55. The number of nitrogens with one attached hydrogen (secondary N) is 1. The van der Waals surface area contributed by atoms with Gasteiger partial charge in [0.25, 0.3) is 0 Å². The number of furan rings is 1. The predicted octanol–water partition coefficient (Wildman–Crippen LogP) is 3.55. The summed E-state index contributed by atoms with van der Waals surface area (Å²) < 4.78 is 16.6. The van der Waals surface area contributed by atoms with Gasteiger partial charge in [0.2, 0.25) is 5.82 Å². The Bertz CT molecular complexity index is 1030. The van der Waals surface area contributed by atoms with Crippen molar-refractivity contribution >= 4 is 22.6 Å². The van der Waals surface area contributed by atoms with Gasteiger partial charge < -0.3 is 13.9 Å². The van der Waals surface area contributed by atoms with Gasteiger partial charge in [-0.25, -0.2) is 0 Å². The minimum atomic E-state index is 0.456. The van der Waals surface area contributed by atoms with Crippen LogP contribution in [-0.2, 0) is 0 Å². The zero-order chi connectivity index (χ0) is 17.9. The van der Waals surface area contributed by atoms with Crippen LogP contribution in [0.5, 0.6) is 11.5 Å². The van der Waals surface area contributed by atoms with Crippen LogP contribution in [0.1, 0.15) is 17.1 Å². The van der Waals surface area contributed by atoms with E-state index in [1.165, 1.54) is 0 Å². The van der Waals surface area contributed by atoms with Crippen molar-refractivity contribution < 1.29 is 13.9 Å². The third-order valence-corrected chi connectivity index (χ3v) is 4.01. The van der Waals surface area contributed by atoms with Crippen molar-refractivity contribution in [2.45, 2.75) is 0 Å². The Morgan fingerprint density at radius 2 is 1.88 bits per heavy atom. The minimum absolute atomic E-state index is 0.456. The molecule has 4 aromatic rings. The Kier molecular flexibility index (Phi) is 4.10. The van der Waals surface area contributed by atoms with Crippen LogP contribution < -0.4 is 9.47 Å². The number of tetrazole rings is 1. The molecule has 0 spiro atoms. The Hall–Kier alpha value is -3.61. The van der Waals surface area contributed by atoms with Crippen LogP contribution in [0.25, 0.3) is 22.6 Å². The third-order valence-electron chi connectivity index (χ3n) is 4.01. The molecule has 0 fully saturated rings. The minimum Gasteiger partial charge on any atom is -0.493 e. The normalized spacial score (nSPS) is 11.7. The van der Waals surface area contributed by atoms with Crippen LogP contribution in [0.4, 0.5) is 0 Å². The van der Waals surface area contributed by atoms with Crippen molar-refractivity contribution in [3.8, 4) is 11.5 Å². The first-order valence-electron chi connectivity index (χ1n) is 7.95. The van der Waals surface area contributed by atoms with Gasteiger partial charge in [-0.05, 0) is 41.1 Å². The van der Waals surface area contributed by atoms with Gasteiger partial charge in [0.05, 0.1) is 14.2 Å². The number of aromatic amines is 1. The van der Waals surface area contributed by atoms with Crippen LogP contribution in [0.15, 0.2) is 52.9 Å². The van der Waals surface area contributed by atoms with E-state index in [1.54, 1.807) is 14.2 Å². The van der Waals surface area contributed by atoms with E-state index in [0.717, 1.165) is 22.1 Å². The molecular formula is C19H16N4O3. The predicted molar refractivity (Wildman–Crippen MR) is 96.9 cm³/mol. The fourth-order valence-corrected chi connectivity index (χ4v) is 2.77. The van der Waals surface area contributed by atoms with E-state index in [-0.39, 0.29) is 0 Å². The molecule has 0 aliphatic carbocycles. The maximum atomic E-state index is 5.90. The van der Waals surface area contributed by atoms with Crippen LogP contribution >= 0.6 is 0 Å². The number of benzene rings is 2. The molecule has 0 saturated heterocycles. The summed E-state index contributed by atoms with van der Waals surface area (Å²) in [4.78, 5) is 0. The Morgan fingerprint density at radius 1 is 1.04 bits per heavy atom. The summed E-state index contributed by atoms with van der Waals surface area (Å²) >= 11 is 0. The van der Waals surface area contributed by atoms with Crippen molar-refractivity contribution in [1.82, 2.24) is 20.6 Å². The number of rotatable bonds is 5. The van der Waals surface area contributed by atoms with Gasteiger partial charge in [0, 0.05) is 11.0 Å². The number of fused-ring (bicyclic) bond motifs is 1. The number of nitrogens with zero attached hydrogens (tertiary/aromatic N) is 3. The number of methoxy groups -OCH3 is 2. The fraction of sp³-hybridized carbons (Fsp3) is 0.105. The standard InChI is InChI=1S/C19H16N4O3/c1-24-17-8-7-12(10-18(17)25-2)15(19-20-22-23-21-19)11-14-9-13-5-3-4-6-16(13)26-14/h3-11H,1-2H3,(H,20,21,22,23)/b15-11-. The van der Waals surface area contributed by atoms with E-state index < -0.39 is 0 Å². The molecule has 2 heterocycles. The molecule has 0 amide bonds. The van der Waals surface area contributed by atoms with E-state index in [9.17, 15) is 0 Å². The molecule has 1 N–H and O–H groups in total. The average molecular weight is 348 g/mol. The summed E-state index contributed by atoms with van der Waals surface area (Å²) in [6.07, 6.45) is 1.88. The van der Waals surface area contributed by atoms with Gasteiger partial charge >= 0.3 is 0 Å². The van der Waals surface area contributed by atoms with E-state index in [2.05, 4.69) is 20.6 Å². The number of ether oxygens (including phenoxy) is 2. The Labute approximate surface area is 149 Å². The highest BCUT2D eigenvalue weighted by atomic mass is 16.5. The quantitative estimate of drug-likeness (QED) is 0.593. The van der Waals surface area contributed by atoms with Gasteiger partial charge in [-0.2, -0.15) is 5.21 Å². The second-order valence-electron chi connectivity index (χ2n) is 5.55. The highest BCUT2D eigenvalue weighted by molar-refractivity contribution is 5.90. The lowest BCUT2D eigenvalue weighted by atomic mass is 10.0. The Morgan fingerprint density at radius 3 is 2.62 bits per heavy atom. The molecule has 7 heteroatoms. The summed E-state index contributed by atoms with van der Waals surface area (Å²) in [5, 5.41) is 15.4. The van der Waals surface area contributed by atoms with Crippen LogP contribution in [0.3, 0.4) is 0 Å². The molecule has 2 aromatic carbocycles. The molecule has 26 heavy (non-hydrogen) atoms. The molecule has 0 bridgehead atoms. The second kappa shape index (κ2) is 6.72. The lowest BCUT2D eigenvalue weighted by Crippen LogP contribution is -1.95. The fourth-order valence-electron chi connectivity index (χ4n) is 2.77. The number of hydrogen-bond donors (Lipinski definition) is 1. The first-order valence-corrected chi connectivity index (χ1v) is 7.95. The molecule has 0 atom stereocenters. The smallest absolute Gasteiger partial charge is 0.205 e. The molecule has 0 aliphatic rings. The highest BCUT2D eigenvalue weighted by Gasteiger charge is 2.14. The molecular weight excluding hydrogens is 332 g/mol. The molecule has 4 rings (SSSR count). The molecule has 2 aromatic heterocycles. The molecule has 130 valence electrons. The van der Waals surface area contributed by atoms with Crippen molar-refractivity contribution in [3.63, 3.8) is 0 Å². The molecule has 0 aliphatic heterocycles. The topological polar surface area (TPSA) is 86.1 Å². The van der Waals surface area contributed by atoms with E-state index in [4.69, 9.17) is 13.9 Å². The van der Waals surface area contributed by atoms with Crippen molar-refractivity contribution in [3.05, 3.63) is 65.7 Å². The summed E-state index contributed by atoms with van der Waals surface area (Å²) in [6.45, 7) is 0. The average Bonchev–Trinajstić information content (AvgIpc) is 3.34. The summed E-state index contributed by atoms with van der Waals surface area (Å²) in [6, 6.07) is 15.4. The molecule has 7 nitrogen and oxygen atoms in total. The van der Waals surface area contributed by atoms with Crippen molar-refractivity contribution in [1.29, 1.82) is 0 Å². The van der Waals surface area contributed by atoms with Gasteiger partial charge in [0.15, 0.2) is 11.5 Å². The SMILES string of the molecule is COc1ccc(/C(=C/c2cc3ccccc3o2)c2nn[nH]n2)cc1OC. The number of para-hydroxylation sites is 1. The molecule has 0 unspecified atom stereocenters. The van der Waals surface area contributed by atoms with Gasteiger partial charge in [-0.3, -0.25) is 0 Å². The maximum absolute atomic E-state index is 5.90. The third kappa shape index (κ3) is 2.90. The van der Waals surface area contributed by atoms with E-state index >= 15 is 0 Å². The van der Waals surface area contributed by atoms with E-state index in [0.29, 0.717) is 23.1 Å². The maximum Gasteiger partial charge on any atom is 0.205 e.